The van der Waals surface area contributed by atoms with Gasteiger partial charge in [-0.15, -0.1) is 0 Å². The zero-order valence-electron chi connectivity index (χ0n) is 12.6. The summed E-state index contributed by atoms with van der Waals surface area (Å²) < 4.78 is 14.3. The fraction of sp³-hybridized carbons (Fsp3) is 0.150. The van der Waals surface area contributed by atoms with Crippen molar-refractivity contribution in [1.82, 2.24) is 0 Å². The highest BCUT2D eigenvalue weighted by atomic mass is 19.1. The van der Waals surface area contributed by atoms with E-state index in [9.17, 15) is 9.18 Å². The number of benzene rings is 3. The lowest BCUT2D eigenvalue weighted by Crippen LogP contribution is -2.07. The number of halogens is 1. The van der Waals surface area contributed by atoms with Crippen LogP contribution >= 0.6 is 0 Å². The van der Waals surface area contributed by atoms with Crippen LogP contribution in [0.5, 0.6) is 0 Å². The SMILES string of the molecule is CC(=O)c1cccc(F)c1[C@@H](C)c1ccc2ccccc2c1. The Labute approximate surface area is 129 Å². The molecule has 0 unspecified atom stereocenters. The van der Waals surface area contributed by atoms with Crippen molar-refractivity contribution in [2.24, 2.45) is 0 Å². The second-order valence-corrected chi connectivity index (χ2v) is 5.59. The highest BCUT2D eigenvalue weighted by Crippen LogP contribution is 2.31. The summed E-state index contributed by atoms with van der Waals surface area (Å²) in [4.78, 5) is 11.8. The van der Waals surface area contributed by atoms with Crippen LogP contribution in [0.15, 0.2) is 60.7 Å². The van der Waals surface area contributed by atoms with Gasteiger partial charge in [0.05, 0.1) is 0 Å². The van der Waals surface area contributed by atoms with Gasteiger partial charge < -0.3 is 0 Å². The summed E-state index contributed by atoms with van der Waals surface area (Å²) in [6.07, 6.45) is 0. The van der Waals surface area contributed by atoms with Crippen molar-refractivity contribution >= 4 is 16.6 Å². The van der Waals surface area contributed by atoms with Gasteiger partial charge in [0, 0.05) is 17.0 Å². The van der Waals surface area contributed by atoms with E-state index >= 15 is 0 Å². The Morgan fingerprint density at radius 3 is 2.41 bits per heavy atom. The lowest BCUT2D eigenvalue weighted by atomic mass is 9.87. The zero-order chi connectivity index (χ0) is 15.7. The molecular weight excluding hydrogens is 275 g/mol. The van der Waals surface area contributed by atoms with Crippen LogP contribution in [0.4, 0.5) is 4.39 Å². The molecule has 110 valence electrons. The van der Waals surface area contributed by atoms with Crippen molar-refractivity contribution in [2.45, 2.75) is 19.8 Å². The minimum Gasteiger partial charge on any atom is -0.294 e. The molecule has 0 saturated carbocycles. The van der Waals surface area contributed by atoms with Crippen LogP contribution in [0.2, 0.25) is 0 Å². The molecule has 0 fully saturated rings. The first kappa shape index (κ1) is 14.5. The minimum atomic E-state index is -0.326. The largest absolute Gasteiger partial charge is 0.294 e. The van der Waals surface area contributed by atoms with E-state index in [0.29, 0.717) is 11.1 Å². The minimum absolute atomic E-state index is 0.109. The van der Waals surface area contributed by atoms with Gasteiger partial charge in [0.2, 0.25) is 0 Å². The van der Waals surface area contributed by atoms with Crippen LogP contribution < -0.4 is 0 Å². The van der Waals surface area contributed by atoms with Crippen molar-refractivity contribution < 1.29 is 9.18 Å². The summed E-state index contributed by atoms with van der Waals surface area (Å²) in [6.45, 7) is 3.42. The van der Waals surface area contributed by atoms with E-state index in [1.54, 1.807) is 12.1 Å². The van der Waals surface area contributed by atoms with E-state index in [1.807, 2.05) is 43.3 Å². The van der Waals surface area contributed by atoms with Gasteiger partial charge >= 0.3 is 0 Å². The first-order chi connectivity index (χ1) is 10.6. The topological polar surface area (TPSA) is 17.1 Å². The molecule has 0 amide bonds. The smallest absolute Gasteiger partial charge is 0.160 e. The van der Waals surface area contributed by atoms with Gasteiger partial charge in [0.15, 0.2) is 5.78 Å². The molecule has 0 saturated heterocycles. The van der Waals surface area contributed by atoms with Gasteiger partial charge in [-0.05, 0) is 29.3 Å². The van der Waals surface area contributed by atoms with Gasteiger partial charge in [-0.2, -0.15) is 0 Å². The quantitative estimate of drug-likeness (QED) is 0.596. The maximum absolute atomic E-state index is 14.3. The Kier molecular flexibility index (Phi) is 3.76. The molecule has 1 nitrogen and oxygen atoms in total. The van der Waals surface area contributed by atoms with E-state index in [2.05, 4.69) is 6.07 Å². The van der Waals surface area contributed by atoms with Crippen LogP contribution in [0.25, 0.3) is 10.8 Å². The molecule has 0 aliphatic carbocycles. The van der Waals surface area contributed by atoms with Crippen molar-refractivity contribution in [3.63, 3.8) is 0 Å². The molecule has 0 N–H and O–H groups in total. The van der Waals surface area contributed by atoms with Crippen LogP contribution in [-0.4, -0.2) is 5.78 Å². The summed E-state index contributed by atoms with van der Waals surface area (Å²) in [5, 5.41) is 2.27. The average molecular weight is 292 g/mol. The third-order valence-electron chi connectivity index (χ3n) is 4.14. The number of hydrogen-bond donors (Lipinski definition) is 0. The predicted octanol–water partition coefficient (Wildman–Crippen LogP) is 5.33. The third-order valence-corrected chi connectivity index (χ3v) is 4.14. The van der Waals surface area contributed by atoms with Crippen molar-refractivity contribution in [2.75, 3.05) is 0 Å². The summed E-state index contributed by atoms with van der Waals surface area (Å²) in [5.74, 6) is -0.611. The predicted molar refractivity (Wildman–Crippen MR) is 87.9 cm³/mol. The summed E-state index contributed by atoms with van der Waals surface area (Å²) >= 11 is 0. The molecule has 0 aromatic heterocycles. The van der Waals surface area contributed by atoms with Crippen LogP contribution in [-0.2, 0) is 0 Å². The molecule has 0 aliphatic heterocycles. The molecule has 0 spiro atoms. The zero-order valence-corrected chi connectivity index (χ0v) is 12.6. The standard InChI is InChI=1S/C20H17FO/c1-13(20-18(14(2)22)8-5-9-19(20)21)16-11-10-15-6-3-4-7-17(15)12-16/h3-13H,1-2H3/t13-/m0/s1. The molecule has 3 aromatic rings. The molecule has 2 heteroatoms. The molecule has 3 aromatic carbocycles. The maximum Gasteiger partial charge on any atom is 0.160 e. The summed E-state index contributed by atoms with van der Waals surface area (Å²) in [5.41, 5.74) is 1.94. The van der Waals surface area contributed by atoms with Gasteiger partial charge in [0.25, 0.3) is 0 Å². The molecular formula is C20H17FO. The van der Waals surface area contributed by atoms with E-state index in [1.165, 1.54) is 13.0 Å². The van der Waals surface area contributed by atoms with E-state index in [0.717, 1.165) is 16.3 Å². The fourth-order valence-corrected chi connectivity index (χ4v) is 2.93. The highest BCUT2D eigenvalue weighted by Gasteiger charge is 2.19. The normalized spacial score (nSPS) is 12.3. The van der Waals surface area contributed by atoms with E-state index < -0.39 is 0 Å². The Hall–Kier alpha value is -2.48. The molecule has 0 radical (unpaired) electrons. The van der Waals surface area contributed by atoms with Gasteiger partial charge in [0.1, 0.15) is 5.82 Å². The molecule has 0 bridgehead atoms. The highest BCUT2D eigenvalue weighted by molar-refractivity contribution is 5.96. The average Bonchev–Trinajstić information content (AvgIpc) is 2.53. The monoisotopic (exact) mass is 292 g/mol. The Morgan fingerprint density at radius 2 is 1.68 bits per heavy atom. The second kappa shape index (κ2) is 5.72. The van der Waals surface area contributed by atoms with Crippen LogP contribution in [0.1, 0.15) is 41.3 Å². The lowest BCUT2D eigenvalue weighted by molar-refractivity contribution is 0.101. The number of carbonyl (C=O) groups is 1. The fourth-order valence-electron chi connectivity index (χ4n) is 2.93. The van der Waals surface area contributed by atoms with Crippen LogP contribution in [0.3, 0.4) is 0 Å². The first-order valence-electron chi connectivity index (χ1n) is 7.36. The third kappa shape index (κ3) is 2.52. The van der Waals surface area contributed by atoms with Gasteiger partial charge in [-0.3, -0.25) is 4.79 Å². The van der Waals surface area contributed by atoms with Crippen molar-refractivity contribution in [3.05, 3.63) is 83.2 Å². The number of hydrogen-bond acceptors (Lipinski definition) is 1. The molecule has 3 rings (SSSR count). The molecule has 1 atom stereocenters. The Morgan fingerprint density at radius 1 is 0.955 bits per heavy atom. The summed E-state index contributed by atoms with van der Waals surface area (Å²) in [6, 6.07) is 18.9. The van der Waals surface area contributed by atoms with Gasteiger partial charge in [-0.25, -0.2) is 4.39 Å². The van der Waals surface area contributed by atoms with E-state index in [4.69, 9.17) is 0 Å². The van der Waals surface area contributed by atoms with E-state index in [-0.39, 0.29) is 17.5 Å². The maximum atomic E-state index is 14.3. The number of Topliss-reactive ketones (excluding diaryl/α,β-unsaturated/α-hetero) is 1. The Balaban J connectivity index is 2.13. The summed E-state index contributed by atoms with van der Waals surface area (Å²) in [7, 11) is 0. The lowest BCUT2D eigenvalue weighted by Gasteiger charge is -2.17. The number of fused-ring (bicyclic) bond motifs is 1. The first-order valence-corrected chi connectivity index (χ1v) is 7.36. The van der Waals surface area contributed by atoms with Crippen molar-refractivity contribution in [3.8, 4) is 0 Å². The van der Waals surface area contributed by atoms with Gasteiger partial charge in [-0.1, -0.05) is 61.5 Å². The number of carbonyl (C=O) groups excluding carboxylic acids is 1. The number of rotatable bonds is 3. The van der Waals surface area contributed by atoms with Crippen molar-refractivity contribution in [1.29, 1.82) is 0 Å². The number of ketones is 1. The van der Waals surface area contributed by atoms with Crippen LogP contribution in [0, 0.1) is 5.82 Å². The molecule has 22 heavy (non-hydrogen) atoms. The second-order valence-electron chi connectivity index (χ2n) is 5.59. The Bertz CT molecular complexity index is 851. The molecule has 0 heterocycles. The molecule has 0 aliphatic rings.